The molecule has 15 nitrogen and oxygen atoms in total. The van der Waals surface area contributed by atoms with Crippen LogP contribution in [0.4, 0.5) is 0 Å². The third-order valence-corrected chi connectivity index (χ3v) is 6.51. The van der Waals surface area contributed by atoms with Crippen LogP contribution in [0.3, 0.4) is 0 Å². The van der Waals surface area contributed by atoms with Crippen LogP contribution in [0.25, 0.3) is 0 Å². The molecule has 0 spiro atoms. The largest absolute Gasteiger partial charge is 0.492 e. The molecular formula is C27H41N7O8. The molecule has 0 aliphatic rings. The maximum atomic E-state index is 13.3. The maximum Gasteiger partial charge on any atom is 0.352 e. The van der Waals surface area contributed by atoms with Crippen molar-refractivity contribution in [3.63, 3.8) is 0 Å². The highest BCUT2D eigenvalue weighted by atomic mass is 16.7. The summed E-state index contributed by atoms with van der Waals surface area (Å²) in [7, 11) is 0. The predicted octanol–water partition coefficient (Wildman–Crippen LogP) is -0.249. The molecule has 1 unspecified atom stereocenters. The van der Waals surface area contributed by atoms with Crippen LogP contribution in [0.5, 0.6) is 11.8 Å². The lowest BCUT2D eigenvalue weighted by molar-refractivity contribution is -0.145. The van der Waals surface area contributed by atoms with Crippen LogP contribution in [-0.2, 0) is 30.4 Å². The number of amides is 4. The molecule has 2 aromatic rings. The summed E-state index contributed by atoms with van der Waals surface area (Å²) in [5.41, 5.74) is 0.788. The Morgan fingerprint density at radius 2 is 1.62 bits per heavy atom. The number of hydrogen-bond donors (Lipinski definition) is 7. The van der Waals surface area contributed by atoms with Gasteiger partial charge in [0.1, 0.15) is 18.6 Å². The summed E-state index contributed by atoms with van der Waals surface area (Å²) < 4.78 is 0.477. The van der Waals surface area contributed by atoms with Gasteiger partial charge in [-0.15, -0.1) is 4.73 Å². The highest BCUT2D eigenvalue weighted by Crippen LogP contribution is 2.18. The zero-order valence-corrected chi connectivity index (χ0v) is 24.5. The Morgan fingerprint density at radius 3 is 2.19 bits per heavy atom. The predicted molar refractivity (Wildman–Crippen MR) is 150 cm³/mol. The quantitative estimate of drug-likeness (QED) is 0.137. The number of carbonyl (C=O) groups is 5. The fraction of sp³-hybridized carbons (Fsp3) is 0.556. The van der Waals surface area contributed by atoms with E-state index in [0.717, 1.165) is 17.8 Å². The molecule has 2 rings (SSSR count). The molecule has 0 radical (unpaired) electrons. The smallest absolute Gasteiger partial charge is 0.352 e. The monoisotopic (exact) mass is 591 g/mol. The van der Waals surface area contributed by atoms with E-state index in [-0.39, 0.29) is 24.2 Å². The van der Waals surface area contributed by atoms with Gasteiger partial charge in [0.05, 0.1) is 12.9 Å². The number of imidazole rings is 1. The van der Waals surface area contributed by atoms with Gasteiger partial charge in [-0.05, 0) is 18.3 Å². The Balaban J connectivity index is 1.94. The Hall–Kier alpha value is -4.56. The van der Waals surface area contributed by atoms with Crippen molar-refractivity contribution in [1.82, 2.24) is 36.0 Å². The fourth-order valence-electron chi connectivity index (χ4n) is 3.93. The second-order valence-electron chi connectivity index (χ2n) is 10.5. The lowest BCUT2D eigenvalue weighted by atomic mass is 9.95. The molecule has 4 atom stereocenters. The van der Waals surface area contributed by atoms with Crippen molar-refractivity contribution in [2.45, 2.75) is 66.0 Å². The normalized spacial score (nSPS) is 13.9. The summed E-state index contributed by atoms with van der Waals surface area (Å²) in [6, 6.07) is 0.334. The zero-order valence-electron chi connectivity index (χ0n) is 24.5. The summed E-state index contributed by atoms with van der Waals surface area (Å²) >= 11 is 0. The first-order valence-electron chi connectivity index (χ1n) is 13.8. The molecule has 0 bridgehead atoms. The third kappa shape index (κ3) is 10.4. The molecule has 42 heavy (non-hydrogen) atoms. The van der Waals surface area contributed by atoms with E-state index in [1.54, 1.807) is 13.1 Å². The number of nitrogens with zero attached hydrogens (tertiary/aromatic N) is 2. The second-order valence-corrected chi connectivity index (χ2v) is 10.5. The van der Waals surface area contributed by atoms with Crippen LogP contribution >= 0.6 is 0 Å². The fourth-order valence-corrected chi connectivity index (χ4v) is 3.93. The average Bonchev–Trinajstić information content (AvgIpc) is 3.57. The molecule has 232 valence electrons. The van der Waals surface area contributed by atoms with E-state index in [9.17, 15) is 34.2 Å². The summed E-state index contributed by atoms with van der Waals surface area (Å²) in [5.74, 6) is -4.83. The Morgan fingerprint density at radius 1 is 0.952 bits per heavy atom. The molecule has 2 aromatic heterocycles. The first-order valence-corrected chi connectivity index (χ1v) is 13.8. The number of carbonyl (C=O) groups excluding carboxylic acids is 5. The van der Waals surface area contributed by atoms with Gasteiger partial charge in [-0.1, -0.05) is 41.0 Å². The minimum Gasteiger partial charge on any atom is -0.492 e. The van der Waals surface area contributed by atoms with Crippen molar-refractivity contribution in [2.24, 2.45) is 17.8 Å². The zero-order chi connectivity index (χ0) is 31.4. The number of nitrogens with one attached hydrogen (secondary N) is 5. The number of aromatic nitrogens is 3. The maximum absolute atomic E-state index is 13.3. The SMILES string of the molecule is CCC(C)[C@H](NC(=O)[C@@H](C)Cc1cnc[nH]1)C(=O)N[C@@H](CC(C)C)C(=O)NCC(=O)NCC(=O)On1c(O)ccc1O. The molecule has 4 amide bonds. The van der Waals surface area contributed by atoms with Gasteiger partial charge in [0.25, 0.3) is 0 Å². The van der Waals surface area contributed by atoms with E-state index < -0.39 is 66.5 Å². The van der Waals surface area contributed by atoms with Crippen molar-refractivity contribution < 1.29 is 39.0 Å². The molecule has 2 heterocycles. The van der Waals surface area contributed by atoms with Gasteiger partial charge in [-0.2, -0.15) is 0 Å². The van der Waals surface area contributed by atoms with Gasteiger partial charge in [0.15, 0.2) is 0 Å². The molecule has 7 N–H and O–H groups in total. The molecule has 0 aliphatic carbocycles. The van der Waals surface area contributed by atoms with E-state index in [4.69, 9.17) is 4.84 Å². The summed E-state index contributed by atoms with van der Waals surface area (Å²) in [5, 5.41) is 29.3. The topological polar surface area (TPSA) is 217 Å². The first kappa shape index (κ1) is 33.6. The molecule has 0 saturated carbocycles. The van der Waals surface area contributed by atoms with E-state index in [0.29, 0.717) is 17.6 Å². The molecule has 0 aliphatic heterocycles. The van der Waals surface area contributed by atoms with Crippen molar-refractivity contribution in [3.8, 4) is 11.8 Å². The summed E-state index contributed by atoms with van der Waals surface area (Å²) in [6.07, 6.45) is 4.44. The number of aromatic amines is 1. The van der Waals surface area contributed by atoms with E-state index in [1.807, 2.05) is 27.7 Å². The minimum absolute atomic E-state index is 0.0113. The van der Waals surface area contributed by atoms with Crippen molar-refractivity contribution in [3.05, 3.63) is 30.4 Å². The van der Waals surface area contributed by atoms with E-state index >= 15 is 0 Å². The molecule has 0 saturated heterocycles. The van der Waals surface area contributed by atoms with Crippen molar-refractivity contribution in [1.29, 1.82) is 0 Å². The number of rotatable bonds is 16. The highest BCUT2D eigenvalue weighted by molar-refractivity contribution is 5.94. The minimum atomic E-state index is -0.988. The van der Waals surface area contributed by atoms with Crippen LogP contribution in [-0.4, -0.2) is 79.7 Å². The molecule has 15 heteroatoms. The Bertz CT molecular complexity index is 1190. The molecule has 0 fully saturated rings. The van der Waals surface area contributed by atoms with Crippen molar-refractivity contribution >= 4 is 29.6 Å². The third-order valence-electron chi connectivity index (χ3n) is 6.51. The molecular weight excluding hydrogens is 550 g/mol. The molecule has 0 aromatic carbocycles. The summed E-state index contributed by atoms with van der Waals surface area (Å²) in [4.78, 5) is 74.9. The lowest BCUT2D eigenvalue weighted by Gasteiger charge is -2.28. The van der Waals surface area contributed by atoms with Crippen molar-refractivity contribution in [2.75, 3.05) is 13.1 Å². The van der Waals surface area contributed by atoms with Gasteiger partial charge < -0.3 is 41.3 Å². The van der Waals surface area contributed by atoms with E-state index in [1.165, 1.54) is 6.33 Å². The van der Waals surface area contributed by atoms with Gasteiger partial charge in [0, 0.05) is 36.4 Å². The van der Waals surface area contributed by atoms with Crippen LogP contribution in [0.2, 0.25) is 0 Å². The number of aromatic hydroxyl groups is 2. The Kier molecular flexibility index (Phi) is 12.8. The van der Waals surface area contributed by atoms with Crippen LogP contribution in [0.1, 0.15) is 53.2 Å². The van der Waals surface area contributed by atoms with E-state index in [2.05, 4.69) is 31.2 Å². The number of hydrogen-bond acceptors (Lipinski definition) is 9. The van der Waals surface area contributed by atoms with Gasteiger partial charge in [0.2, 0.25) is 35.4 Å². The van der Waals surface area contributed by atoms with Gasteiger partial charge >= 0.3 is 5.97 Å². The summed E-state index contributed by atoms with van der Waals surface area (Å²) in [6.45, 7) is 8.11. The van der Waals surface area contributed by atoms with Crippen LogP contribution in [0, 0.1) is 17.8 Å². The number of H-pyrrole nitrogens is 1. The van der Waals surface area contributed by atoms with Crippen LogP contribution in [0.15, 0.2) is 24.7 Å². The Labute approximate surface area is 243 Å². The van der Waals surface area contributed by atoms with Gasteiger partial charge in [-0.25, -0.2) is 9.78 Å². The standard InChI is InChI=1S/C27H41N7O8/c1-6-16(4)24(33-25(39)17(5)10-18-11-28-14-31-18)27(41)32-19(9-15(2)3)26(40)30-12-20(35)29-13-23(38)42-34-21(36)7-8-22(34)37/h7-8,11,14-17,19,24,36-37H,6,9-10,12-13H2,1-5H3,(H,28,31)(H,29,35)(H,30,40)(H,32,41)(H,33,39)/t16?,17-,19-,24-/m0/s1. The highest BCUT2D eigenvalue weighted by Gasteiger charge is 2.31. The lowest BCUT2D eigenvalue weighted by Crippen LogP contribution is -2.57. The van der Waals surface area contributed by atoms with Gasteiger partial charge in [-0.3, -0.25) is 19.2 Å². The second kappa shape index (κ2) is 16.0. The van der Waals surface area contributed by atoms with Crippen LogP contribution < -0.4 is 26.1 Å². The average molecular weight is 592 g/mol. The first-order chi connectivity index (χ1) is 19.8.